The Morgan fingerprint density at radius 1 is 1.21 bits per heavy atom. The predicted molar refractivity (Wildman–Crippen MR) is 91.7 cm³/mol. The minimum absolute atomic E-state index is 0.126. The van der Waals surface area contributed by atoms with Gasteiger partial charge in [0.1, 0.15) is 5.75 Å². The van der Waals surface area contributed by atoms with Gasteiger partial charge >= 0.3 is 6.03 Å². The number of fused-ring (bicyclic) bond motifs is 1. The first-order valence-corrected chi connectivity index (χ1v) is 7.84. The smallest absolute Gasteiger partial charge is 0.322 e. The van der Waals surface area contributed by atoms with Crippen molar-refractivity contribution in [3.8, 4) is 11.6 Å². The molecule has 0 atom stereocenters. The maximum absolute atomic E-state index is 12.6. The lowest BCUT2D eigenvalue weighted by Crippen LogP contribution is -2.39. The normalized spacial score (nSPS) is 13.2. The molecular weight excluding hydrogens is 306 g/mol. The Balaban J connectivity index is 1.73. The van der Waals surface area contributed by atoms with Crippen LogP contribution in [-0.2, 0) is 13.0 Å². The third-order valence-electron chi connectivity index (χ3n) is 4.24. The van der Waals surface area contributed by atoms with Crippen LogP contribution in [0.1, 0.15) is 16.8 Å². The van der Waals surface area contributed by atoms with Crippen molar-refractivity contribution in [3.05, 3.63) is 47.2 Å². The Labute approximate surface area is 141 Å². The number of methoxy groups -OCH3 is 2. The van der Waals surface area contributed by atoms with Crippen LogP contribution in [0.4, 0.5) is 10.5 Å². The highest BCUT2D eigenvalue weighted by Gasteiger charge is 2.23. The highest BCUT2D eigenvalue weighted by molar-refractivity contribution is 5.90. The Morgan fingerprint density at radius 3 is 2.75 bits per heavy atom. The number of nitrogens with one attached hydrogen (secondary N) is 1. The molecule has 1 N–H and O–H groups in total. The van der Waals surface area contributed by atoms with Crippen LogP contribution in [-0.4, -0.2) is 36.7 Å². The number of carbonyl (C=O) groups excluding carboxylic acids is 1. The molecule has 126 valence electrons. The van der Waals surface area contributed by atoms with E-state index in [1.54, 1.807) is 31.3 Å². The van der Waals surface area contributed by atoms with E-state index < -0.39 is 0 Å². The van der Waals surface area contributed by atoms with Gasteiger partial charge in [-0.1, -0.05) is 12.1 Å². The third kappa shape index (κ3) is 3.13. The van der Waals surface area contributed by atoms with Crippen molar-refractivity contribution in [3.63, 3.8) is 0 Å². The van der Waals surface area contributed by atoms with E-state index in [0.717, 1.165) is 23.4 Å². The number of amides is 2. The SMILES string of the molecule is COc1ccc(NC(=O)N2CCc3c(cccc3OC)C2)c(C)n1. The number of aromatic nitrogens is 1. The van der Waals surface area contributed by atoms with E-state index in [4.69, 9.17) is 9.47 Å². The van der Waals surface area contributed by atoms with Gasteiger partial charge in [-0.15, -0.1) is 0 Å². The van der Waals surface area contributed by atoms with Gasteiger partial charge in [-0.3, -0.25) is 0 Å². The summed E-state index contributed by atoms with van der Waals surface area (Å²) in [4.78, 5) is 18.6. The highest BCUT2D eigenvalue weighted by Crippen LogP contribution is 2.28. The lowest BCUT2D eigenvalue weighted by molar-refractivity contribution is 0.206. The molecule has 0 spiro atoms. The van der Waals surface area contributed by atoms with Crippen molar-refractivity contribution in [2.24, 2.45) is 0 Å². The standard InChI is InChI=1S/C18H21N3O3/c1-12-15(7-8-17(19-12)24-3)20-18(22)21-10-9-14-13(11-21)5-4-6-16(14)23-2/h4-8H,9-11H2,1-3H3,(H,20,22). The molecule has 6 heteroatoms. The van der Waals surface area contributed by atoms with E-state index in [2.05, 4.69) is 10.3 Å². The van der Waals surface area contributed by atoms with Gasteiger partial charge in [-0.05, 0) is 31.0 Å². The van der Waals surface area contributed by atoms with E-state index >= 15 is 0 Å². The monoisotopic (exact) mass is 327 g/mol. The fraction of sp³-hybridized carbons (Fsp3) is 0.333. The molecule has 0 unspecified atom stereocenters. The molecule has 0 aliphatic carbocycles. The van der Waals surface area contributed by atoms with Crippen molar-refractivity contribution >= 4 is 11.7 Å². The zero-order chi connectivity index (χ0) is 17.1. The molecule has 2 aromatic rings. The van der Waals surface area contributed by atoms with E-state index in [-0.39, 0.29) is 6.03 Å². The van der Waals surface area contributed by atoms with Crippen LogP contribution in [0.2, 0.25) is 0 Å². The number of hydrogen-bond donors (Lipinski definition) is 1. The van der Waals surface area contributed by atoms with Gasteiger partial charge in [0.25, 0.3) is 0 Å². The molecule has 0 saturated carbocycles. The number of benzene rings is 1. The molecule has 0 bridgehead atoms. The van der Waals surface area contributed by atoms with Crippen LogP contribution >= 0.6 is 0 Å². The fourth-order valence-electron chi connectivity index (χ4n) is 2.92. The first-order chi connectivity index (χ1) is 11.6. The molecule has 1 aliphatic rings. The second kappa shape index (κ2) is 6.78. The van der Waals surface area contributed by atoms with Gasteiger partial charge in [-0.25, -0.2) is 9.78 Å². The molecule has 2 amide bonds. The molecule has 0 radical (unpaired) electrons. The Kier molecular flexibility index (Phi) is 4.55. The van der Waals surface area contributed by atoms with Crippen LogP contribution in [0.15, 0.2) is 30.3 Å². The molecule has 24 heavy (non-hydrogen) atoms. The third-order valence-corrected chi connectivity index (χ3v) is 4.24. The minimum atomic E-state index is -0.126. The van der Waals surface area contributed by atoms with Crippen molar-refractivity contribution in [2.45, 2.75) is 19.9 Å². The summed E-state index contributed by atoms with van der Waals surface area (Å²) in [5.74, 6) is 1.42. The quantitative estimate of drug-likeness (QED) is 0.941. The second-order valence-electron chi connectivity index (χ2n) is 5.69. The molecule has 1 aliphatic heterocycles. The Morgan fingerprint density at radius 2 is 2.04 bits per heavy atom. The van der Waals surface area contributed by atoms with Crippen LogP contribution in [0.3, 0.4) is 0 Å². The summed E-state index contributed by atoms with van der Waals surface area (Å²) in [7, 11) is 3.24. The molecule has 1 aromatic carbocycles. The van der Waals surface area contributed by atoms with Gasteiger partial charge in [0.2, 0.25) is 5.88 Å². The van der Waals surface area contributed by atoms with Gasteiger partial charge < -0.3 is 19.7 Å². The number of anilines is 1. The summed E-state index contributed by atoms with van der Waals surface area (Å²) in [5, 5.41) is 2.93. The number of urea groups is 1. The van der Waals surface area contributed by atoms with Crippen LogP contribution in [0, 0.1) is 6.92 Å². The average molecular weight is 327 g/mol. The zero-order valence-corrected chi connectivity index (χ0v) is 14.1. The molecule has 2 heterocycles. The lowest BCUT2D eigenvalue weighted by atomic mass is 9.99. The number of hydrogen-bond acceptors (Lipinski definition) is 4. The van der Waals surface area contributed by atoms with Crippen molar-refractivity contribution in [2.75, 3.05) is 26.1 Å². The summed E-state index contributed by atoms with van der Waals surface area (Å²) in [5.41, 5.74) is 3.73. The number of aryl methyl sites for hydroxylation is 1. The number of pyridine rings is 1. The number of nitrogens with zero attached hydrogens (tertiary/aromatic N) is 2. The van der Waals surface area contributed by atoms with Crippen LogP contribution in [0.5, 0.6) is 11.6 Å². The minimum Gasteiger partial charge on any atom is -0.496 e. The molecule has 0 fully saturated rings. The average Bonchev–Trinajstić information content (AvgIpc) is 2.62. The van der Waals surface area contributed by atoms with Gasteiger partial charge in [-0.2, -0.15) is 0 Å². The maximum atomic E-state index is 12.6. The maximum Gasteiger partial charge on any atom is 0.322 e. The highest BCUT2D eigenvalue weighted by atomic mass is 16.5. The Hall–Kier alpha value is -2.76. The van der Waals surface area contributed by atoms with E-state index in [1.165, 1.54) is 5.56 Å². The second-order valence-corrected chi connectivity index (χ2v) is 5.69. The molecule has 0 saturated heterocycles. The van der Waals surface area contributed by atoms with Crippen molar-refractivity contribution in [1.29, 1.82) is 0 Å². The van der Waals surface area contributed by atoms with Crippen LogP contribution < -0.4 is 14.8 Å². The van der Waals surface area contributed by atoms with Gasteiger partial charge in [0.15, 0.2) is 0 Å². The van der Waals surface area contributed by atoms with Gasteiger partial charge in [0, 0.05) is 24.7 Å². The summed E-state index contributed by atoms with van der Waals surface area (Å²) in [6.45, 7) is 3.07. The van der Waals surface area contributed by atoms with Crippen LogP contribution in [0.25, 0.3) is 0 Å². The van der Waals surface area contributed by atoms with E-state index in [0.29, 0.717) is 24.7 Å². The number of carbonyl (C=O) groups is 1. The predicted octanol–water partition coefficient (Wildman–Crippen LogP) is 3.00. The first kappa shape index (κ1) is 16.1. The molecule has 6 nitrogen and oxygen atoms in total. The largest absolute Gasteiger partial charge is 0.496 e. The van der Waals surface area contributed by atoms with Crippen molar-refractivity contribution < 1.29 is 14.3 Å². The van der Waals surface area contributed by atoms with E-state index in [9.17, 15) is 4.79 Å². The van der Waals surface area contributed by atoms with E-state index in [1.807, 2.05) is 25.1 Å². The molecular formula is C18H21N3O3. The Bertz CT molecular complexity index is 761. The lowest BCUT2D eigenvalue weighted by Gasteiger charge is -2.30. The summed E-state index contributed by atoms with van der Waals surface area (Å²) >= 11 is 0. The number of rotatable bonds is 3. The summed E-state index contributed by atoms with van der Waals surface area (Å²) < 4.78 is 10.5. The summed E-state index contributed by atoms with van der Waals surface area (Å²) in [6.07, 6.45) is 0.784. The fourth-order valence-corrected chi connectivity index (χ4v) is 2.92. The first-order valence-electron chi connectivity index (χ1n) is 7.84. The number of ether oxygens (including phenoxy) is 2. The molecule has 3 rings (SSSR count). The summed E-state index contributed by atoms with van der Waals surface area (Å²) in [6, 6.07) is 9.37. The molecule has 1 aromatic heterocycles. The van der Waals surface area contributed by atoms with Crippen molar-refractivity contribution in [1.82, 2.24) is 9.88 Å². The topological polar surface area (TPSA) is 63.7 Å². The van der Waals surface area contributed by atoms with Gasteiger partial charge in [0.05, 0.1) is 25.6 Å². The zero-order valence-electron chi connectivity index (χ0n) is 14.1.